The summed E-state index contributed by atoms with van der Waals surface area (Å²) < 4.78 is 12.5. The van der Waals surface area contributed by atoms with E-state index < -0.39 is 0 Å². The SMILES string of the molecule is CCOCCSc1nc2sc(CC)c(C)c2c(=O)n1-c1cccc(OC)c1. The number of rotatable bonds is 8. The third-order valence-corrected chi connectivity index (χ3v) is 6.56. The molecule has 0 aliphatic heterocycles. The van der Waals surface area contributed by atoms with Gasteiger partial charge in [0.25, 0.3) is 5.56 Å². The molecule has 0 saturated heterocycles. The van der Waals surface area contributed by atoms with Crippen LogP contribution in [-0.2, 0) is 11.2 Å². The molecule has 2 aromatic heterocycles. The van der Waals surface area contributed by atoms with Gasteiger partial charge in [-0.15, -0.1) is 11.3 Å². The second kappa shape index (κ2) is 8.91. The molecule has 0 fully saturated rings. The topological polar surface area (TPSA) is 53.3 Å². The summed E-state index contributed by atoms with van der Waals surface area (Å²) in [6.07, 6.45) is 0.901. The summed E-state index contributed by atoms with van der Waals surface area (Å²) in [7, 11) is 1.62. The lowest BCUT2D eigenvalue weighted by Crippen LogP contribution is -2.22. The summed E-state index contributed by atoms with van der Waals surface area (Å²) >= 11 is 3.15. The quantitative estimate of drug-likeness (QED) is 0.315. The van der Waals surface area contributed by atoms with Gasteiger partial charge in [-0.2, -0.15) is 0 Å². The Morgan fingerprint density at radius 2 is 2.11 bits per heavy atom. The standard InChI is InChI=1S/C20H24N2O3S2/c1-5-16-13(3)17-18(27-16)21-20(26-11-10-25-6-2)22(19(17)23)14-8-7-9-15(12-14)24-4/h7-9,12H,5-6,10-11H2,1-4H3. The Hall–Kier alpha value is -1.83. The average molecular weight is 405 g/mol. The highest BCUT2D eigenvalue weighted by Crippen LogP contribution is 2.31. The van der Waals surface area contributed by atoms with Gasteiger partial charge in [0.2, 0.25) is 0 Å². The Balaban J connectivity index is 2.18. The second-order valence-electron chi connectivity index (χ2n) is 5.97. The second-order valence-corrected chi connectivity index (χ2v) is 8.11. The van der Waals surface area contributed by atoms with Crippen molar-refractivity contribution in [2.45, 2.75) is 32.3 Å². The van der Waals surface area contributed by atoms with E-state index in [1.54, 1.807) is 23.0 Å². The molecule has 0 bridgehead atoms. The molecule has 0 atom stereocenters. The van der Waals surface area contributed by atoms with Crippen LogP contribution in [0.2, 0.25) is 0 Å². The first kappa shape index (κ1) is 19.9. The van der Waals surface area contributed by atoms with Crippen molar-refractivity contribution < 1.29 is 9.47 Å². The number of thiophene rings is 1. The number of hydrogen-bond donors (Lipinski definition) is 0. The molecule has 0 unspecified atom stereocenters. The van der Waals surface area contributed by atoms with E-state index in [0.717, 1.165) is 28.3 Å². The van der Waals surface area contributed by atoms with Crippen LogP contribution < -0.4 is 10.3 Å². The fourth-order valence-corrected chi connectivity index (χ4v) is 4.98. The van der Waals surface area contributed by atoms with Gasteiger partial charge >= 0.3 is 0 Å². The van der Waals surface area contributed by atoms with E-state index in [1.807, 2.05) is 38.1 Å². The molecule has 1 aromatic carbocycles. The number of nitrogens with zero attached hydrogens (tertiary/aromatic N) is 2. The molecule has 7 heteroatoms. The first-order valence-corrected chi connectivity index (χ1v) is 10.8. The maximum Gasteiger partial charge on any atom is 0.267 e. The zero-order chi connectivity index (χ0) is 19.4. The van der Waals surface area contributed by atoms with Gasteiger partial charge in [0.05, 0.1) is 24.8 Å². The molecule has 0 radical (unpaired) electrons. The summed E-state index contributed by atoms with van der Waals surface area (Å²) in [5.74, 6) is 1.45. The smallest absolute Gasteiger partial charge is 0.267 e. The van der Waals surface area contributed by atoms with Gasteiger partial charge in [-0.05, 0) is 38.0 Å². The van der Waals surface area contributed by atoms with Crippen molar-refractivity contribution in [2.24, 2.45) is 0 Å². The van der Waals surface area contributed by atoms with Crippen LogP contribution in [0.5, 0.6) is 5.75 Å². The summed E-state index contributed by atoms with van der Waals surface area (Å²) in [4.78, 5) is 20.3. The third-order valence-electron chi connectivity index (χ3n) is 4.33. The van der Waals surface area contributed by atoms with Crippen molar-refractivity contribution in [1.82, 2.24) is 9.55 Å². The summed E-state index contributed by atoms with van der Waals surface area (Å²) in [5.41, 5.74) is 1.77. The molecule has 3 aromatic rings. The Morgan fingerprint density at radius 3 is 2.81 bits per heavy atom. The minimum absolute atomic E-state index is 0.0272. The molecule has 27 heavy (non-hydrogen) atoms. The predicted octanol–water partition coefficient (Wildman–Crippen LogP) is 4.46. The van der Waals surface area contributed by atoms with Gasteiger partial charge in [-0.3, -0.25) is 9.36 Å². The highest BCUT2D eigenvalue weighted by atomic mass is 32.2. The van der Waals surface area contributed by atoms with Gasteiger partial charge in [0, 0.05) is 23.3 Å². The van der Waals surface area contributed by atoms with Crippen molar-refractivity contribution in [1.29, 1.82) is 0 Å². The van der Waals surface area contributed by atoms with Gasteiger partial charge in [0.1, 0.15) is 10.6 Å². The summed E-state index contributed by atoms with van der Waals surface area (Å²) in [5, 5.41) is 1.40. The predicted molar refractivity (Wildman–Crippen MR) is 113 cm³/mol. The van der Waals surface area contributed by atoms with E-state index in [9.17, 15) is 4.79 Å². The van der Waals surface area contributed by atoms with Crippen LogP contribution in [0.25, 0.3) is 15.9 Å². The van der Waals surface area contributed by atoms with E-state index in [-0.39, 0.29) is 5.56 Å². The van der Waals surface area contributed by atoms with Crippen LogP contribution in [-0.4, -0.2) is 35.6 Å². The number of hydrogen-bond acceptors (Lipinski definition) is 6. The maximum absolute atomic E-state index is 13.4. The number of ether oxygens (including phenoxy) is 2. The van der Waals surface area contributed by atoms with Crippen molar-refractivity contribution in [3.05, 3.63) is 45.1 Å². The monoisotopic (exact) mass is 404 g/mol. The largest absolute Gasteiger partial charge is 0.497 e. The fraction of sp³-hybridized carbons (Fsp3) is 0.400. The Bertz CT molecular complexity index is 995. The lowest BCUT2D eigenvalue weighted by Gasteiger charge is -2.13. The molecular weight excluding hydrogens is 380 g/mol. The highest BCUT2D eigenvalue weighted by molar-refractivity contribution is 7.99. The van der Waals surface area contributed by atoms with Crippen LogP contribution >= 0.6 is 23.1 Å². The van der Waals surface area contributed by atoms with E-state index in [0.29, 0.717) is 29.5 Å². The van der Waals surface area contributed by atoms with Crippen LogP contribution in [0.15, 0.2) is 34.2 Å². The molecule has 2 heterocycles. The van der Waals surface area contributed by atoms with E-state index in [4.69, 9.17) is 14.5 Å². The minimum Gasteiger partial charge on any atom is -0.497 e. The molecule has 0 aliphatic carbocycles. The minimum atomic E-state index is -0.0272. The highest BCUT2D eigenvalue weighted by Gasteiger charge is 2.19. The number of thioether (sulfide) groups is 1. The maximum atomic E-state index is 13.4. The van der Waals surface area contributed by atoms with E-state index in [1.165, 1.54) is 16.6 Å². The number of aryl methyl sites for hydroxylation is 2. The number of benzene rings is 1. The zero-order valence-electron chi connectivity index (χ0n) is 16.1. The lowest BCUT2D eigenvalue weighted by atomic mass is 10.2. The van der Waals surface area contributed by atoms with Crippen molar-refractivity contribution in [2.75, 3.05) is 26.1 Å². The first-order chi connectivity index (χ1) is 13.1. The van der Waals surface area contributed by atoms with Crippen molar-refractivity contribution >= 4 is 33.3 Å². The number of aromatic nitrogens is 2. The zero-order valence-corrected chi connectivity index (χ0v) is 17.7. The van der Waals surface area contributed by atoms with Gasteiger partial charge in [0.15, 0.2) is 5.16 Å². The normalized spacial score (nSPS) is 11.3. The van der Waals surface area contributed by atoms with Crippen LogP contribution in [0, 0.1) is 6.92 Å². The molecule has 0 amide bonds. The van der Waals surface area contributed by atoms with Gasteiger partial charge in [-0.1, -0.05) is 24.8 Å². The molecule has 144 valence electrons. The molecular formula is C20H24N2O3S2. The van der Waals surface area contributed by atoms with Crippen LogP contribution in [0.1, 0.15) is 24.3 Å². The Kier molecular flexibility index (Phi) is 6.57. The van der Waals surface area contributed by atoms with Gasteiger partial charge < -0.3 is 9.47 Å². The molecule has 0 saturated carbocycles. The third kappa shape index (κ3) is 4.05. The summed E-state index contributed by atoms with van der Waals surface area (Å²) in [6.45, 7) is 7.40. The van der Waals surface area contributed by atoms with Gasteiger partial charge in [-0.25, -0.2) is 4.98 Å². The molecule has 5 nitrogen and oxygen atoms in total. The summed E-state index contributed by atoms with van der Waals surface area (Å²) in [6, 6.07) is 7.53. The van der Waals surface area contributed by atoms with Crippen LogP contribution in [0.4, 0.5) is 0 Å². The van der Waals surface area contributed by atoms with E-state index >= 15 is 0 Å². The first-order valence-electron chi connectivity index (χ1n) is 9.00. The van der Waals surface area contributed by atoms with Crippen molar-refractivity contribution in [3.8, 4) is 11.4 Å². The molecule has 0 spiro atoms. The molecule has 0 aliphatic rings. The number of methoxy groups -OCH3 is 1. The lowest BCUT2D eigenvalue weighted by molar-refractivity contribution is 0.164. The molecule has 0 N–H and O–H groups in total. The van der Waals surface area contributed by atoms with Crippen LogP contribution in [0.3, 0.4) is 0 Å². The Morgan fingerprint density at radius 1 is 1.30 bits per heavy atom. The van der Waals surface area contributed by atoms with Crippen molar-refractivity contribution in [3.63, 3.8) is 0 Å². The molecule has 3 rings (SSSR count). The number of fused-ring (bicyclic) bond motifs is 1. The fourth-order valence-electron chi connectivity index (χ4n) is 2.96. The van der Waals surface area contributed by atoms with E-state index in [2.05, 4.69) is 6.92 Å². The Labute approximate surface area is 167 Å². The average Bonchev–Trinajstić information content (AvgIpc) is 3.01.